The molecule has 0 spiro atoms. The molecule has 7 heteroatoms. The number of amides is 1. The summed E-state index contributed by atoms with van der Waals surface area (Å²) in [6.07, 6.45) is 0. The number of hydrogen-bond acceptors (Lipinski definition) is 4. The normalized spacial score (nSPS) is 11.6. The minimum atomic E-state index is -0.493. The van der Waals surface area contributed by atoms with Crippen molar-refractivity contribution in [3.05, 3.63) is 89.4 Å². The molecule has 0 aliphatic rings. The molecule has 1 amide bonds. The number of aliphatic imine (C=N–C) groups is 1. The number of carbonyl (C=O) groups is 1. The van der Waals surface area contributed by atoms with Gasteiger partial charge in [-0.3, -0.25) is 10.1 Å². The van der Waals surface area contributed by atoms with Crippen LogP contribution in [-0.4, -0.2) is 17.0 Å². The van der Waals surface area contributed by atoms with Gasteiger partial charge < -0.3 is 10.3 Å². The Morgan fingerprint density at radius 1 is 1.10 bits per heavy atom. The van der Waals surface area contributed by atoms with E-state index in [2.05, 4.69) is 15.5 Å². The zero-order valence-electron chi connectivity index (χ0n) is 16.2. The average Bonchev–Trinajstić information content (AvgIpc) is 3.14. The molecular formula is C23H19FN4O2. The third-order valence-electron chi connectivity index (χ3n) is 4.75. The van der Waals surface area contributed by atoms with Crippen LogP contribution in [0.3, 0.4) is 0 Å². The molecule has 1 aromatic heterocycles. The zero-order valence-corrected chi connectivity index (χ0v) is 16.2. The molecule has 3 aromatic carbocycles. The van der Waals surface area contributed by atoms with E-state index in [1.54, 1.807) is 6.92 Å². The first-order chi connectivity index (χ1) is 14.5. The number of benzene rings is 3. The van der Waals surface area contributed by atoms with Gasteiger partial charge in [-0.1, -0.05) is 47.6 Å². The molecule has 0 atom stereocenters. The molecule has 4 aromatic rings. The van der Waals surface area contributed by atoms with Crippen LogP contribution in [0.15, 0.2) is 76.2 Å². The van der Waals surface area contributed by atoms with E-state index in [-0.39, 0.29) is 17.3 Å². The van der Waals surface area contributed by atoms with E-state index in [0.717, 1.165) is 16.3 Å². The molecule has 1 heterocycles. The van der Waals surface area contributed by atoms with E-state index in [1.807, 2.05) is 42.5 Å². The number of guanidine groups is 1. The molecule has 3 N–H and O–H groups in total. The van der Waals surface area contributed by atoms with Gasteiger partial charge in [0.25, 0.3) is 5.91 Å². The van der Waals surface area contributed by atoms with Gasteiger partial charge in [-0.05, 0) is 47.5 Å². The van der Waals surface area contributed by atoms with Crippen molar-refractivity contribution in [2.45, 2.75) is 13.5 Å². The monoisotopic (exact) mass is 402 g/mol. The van der Waals surface area contributed by atoms with Gasteiger partial charge >= 0.3 is 0 Å². The Kier molecular flexibility index (Phi) is 5.26. The Bertz CT molecular complexity index is 1240. The van der Waals surface area contributed by atoms with Crippen molar-refractivity contribution >= 4 is 22.6 Å². The SMILES string of the molecule is Cc1onc(-c2ccc(F)cc2)c1C(=O)NC(N)=NCc1cccc2ccccc12. The Labute approximate surface area is 172 Å². The van der Waals surface area contributed by atoms with Gasteiger partial charge in [0.15, 0.2) is 5.96 Å². The fourth-order valence-corrected chi connectivity index (χ4v) is 3.26. The lowest BCUT2D eigenvalue weighted by molar-refractivity contribution is 0.0975. The third kappa shape index (κ3) is 3.91. The Morgan fingerprint density at radius 3 is 2.63 bits per heavy atom. The molecule has 0 aliphatic heterocycles. The number of rotatable bonds is 4. The van der Waals surface area contributed by atoms with Crippen LogP contribution >= 0.6 is 0 Å². The van der Waals surface area contributed by atoms with Crippen LogP contribution in [0.4, 0.5) is 4.39 Å². The maximum absolute atomic E-state index is 13.2. The summed E-state index contributed by atoms with van der Waals surface area (Å²) in [4.78, 5) is 17.1. The molecule has 30 heavy (non-hydrogen) atoms. The van der Waals surface area contributed by atoms with Crippen LogP contribution < -0.4 is 11.1 Å². The standard InChI is InChI=1S/C23H19FN4O2/c1-14-20(21(28-30-14)16-9-11-18(24)12-10-16)22(29)27-23(25)26-13-17-7-4-6-15-5-2-3-8-19(15)17/h2-12H,13H2,1H3,(H3,25,26,27,29). The van der Waals surface area contributed by atoms with E-state index in [9.17, 15) is 9.18 Å². The summed E-state index contributed by atoms with van der Waals surface area (Å²) in [6.45, 7) is 1.94. The van der Waals surface area contributed by atoms with Crippen LogP contribution in [0.5, 0.6) is 0 Å². The van der Waals surface area contributed by atoms with Crippen molar-refractivity contribution in [2.75, 3.05) is 0 Å². The summed E-state index contributed by atoms with van der Waals surface area (Å²) in [6, 6.07) is 19.6. The first-order valence-electron chi connectivity index (χ1n) is 9.33. The van der Waals surface area contributed by atoms with Gasteiger partial charge in [0, 0.05) is 5.56 Å². The number of hydrogen-bond donors (Lipinski definition) is 2. The highest BCUT2D eigenvalue weighted by Crippen LogP contribution is 2.25. The summed E-state index contributed by atoms with van der Waals surface area (Å²) >= 11 is 0. The van der Waals surface area contributed by atoms with E-state index in [4.69, 9.17) is 10.3 Å². The molecule has 4 rings (SSSR count). The van der Waals surface area contributed by atoms with Crippen molar-refractivity contribution in [1.29, 1.82) is 0 Å². The summed E-state index contributed by atoms with van der Waals surface area (Å²) in [5, 5.41) is 8.70. The van der Waals surface area contributed by atoms with Gasteiger partial charge in [0.2, 0.25) is 0 Å². The summed E-state index contributed by atoms with van der Waals surface area (Å²) in [5.74, 6) is -0.561. The topological polar surface area (TPSA) is 93.5 Å². The number of aromatic nitrogens is 1. The highest BCUT2D eigenvalue weighted by molar-refractivity contribution is 6.08. The first kappa shape index (κ1) is 19.3. The predicted octanol–water partition coefficient (Wildman–Crippen LogP) is 4.19. The molecule has 0 bridgehead atoms. The molecule has 0 unspecified atom stereocenters. The van der Waals surface area contributed by atoms with Crippen LogP contribution in [0.1, 0.15) is 21.7 Å². The summed E-state index contributed by atoms with van der Waals surface area (Å²) in [7, 11) is 0. The molecule has 6 nitrogen and oxygen atoms in total. The van der Waals surface area contributed by atoms with Gasteiger partial charge in [-0.2, -0.15) is 0 Å². The number of fused-ring (bicyclic) bond motifs is 1. The fraction of sp³-hybridized carbons (Fsp3) is 0.0870. The largest absolute Gasteiger partial charge is 0.370 e. The first-order valence-corrected chi connectivity index (χ1v) is 9.33. The van der Waals surface area contributed by atoms with Gasteiger partial charge in [-0.25, -0.2) is 9.38 Å². The second-order valence-electron chi connectivity index (χ2n) is 6.76. The highest BCUT2D eigenvalue weighted by Gasteiger charge is 2.22. The number of nitrogens with one attached hydrogen (secondary N) is 1. The van der Waals surface area contributed by atoms with Crippen LogP contribution in [0, 0.1) is 12.7 Å². The minimum Gasteiger partial charge on any atom is -0.370 e. The lowest BCUT2D eigenvalue weighted by Crippen LogP contribution is -2.37. The Hall–Kier alpha value is -4.00. The van der Waals surface area contributed by atoms with E-state index >= 15 is 0 Å². The van der Waals surface area contributed by atoms with E-state index in [0.29, 0.717) is 23.6 Å². The smallest absolute Gasteiger partial charge is 0.263 e. The molecule has 0 aliphatic carbocycles. The third-order valence-corrected chi connectivity index (χ3v) is 4.75. The van der Waals surface area contributed by atoms with Crippen molar-refractivity contribution in [2.24, 2.45) is 10.7 Å². The quantitative estimate of drug-likeness (QED) is 0.395. The fourth-order valence-electron chi connectivity index (χ4n) is 3.26. The van der Waals surface area contributed by atoms with E-state index in [1.165, 1.54) is 24.3 Å². The maximum Gasteiger partial charge on any atom is 0.263 e. The van der Waals surface area contributed by atoms with Crippen LogP contribution in [0.2, 0.25) is 0 Å². The van der Waals surface area contributed by atoms with Gasteiger partial charge in [-0.15, -0.1) is 0 Å². The number of aryl methyl sites for hydroxylation is 1. The second-order valence-corrected chi connectivity index (χ2v) is 6.76. The van der Waals surface area contributed by atoms with Gasteiger partial charge in [0.05, 0.1) is 6.54 Å². The summed E-state index contributed by atoms with van der Waals surface area (Å²) in [5.41, 5.74) is 8.05. The predicted molar refractivity (Wildman–Crippen MR) is 113 cm³/mol. The van der Waals surface area contributed by atoms with E-state index < -0.39 is 5.91 Å². The second kappa shape index (κ2) is 8.16. The van der Waals surface area contributed by atoms with Crippen LogP contribution in [0.25, 0.3) is 22.0 Å². The maximum atomic E-state index is 13.2. The van der Waals surface area contributed by atoms with Crippen LogP contribution in [-0.2, 0) is 6.54 Å². The van der Waals surface area contributed by atoms with Crippen molar-refractivity contribution in [3.8, 4) is 11.3 Å². The molecule has 0 radical (unpaired) electrons. The minimum absolute atomic E-state index is 0.0152. The van der Waals surface area contributed by atoms with Gasteiger partial charge in [0.1, 0.15) is 22.8 Å². The number of nitrogens with zero attached hydrogens (tertiary/aromatic N) is 2. The molecular weight excluding hydrogens is 383 g/mol. The van der Waals surface area contributed by atoms with Crippen molar-refractivity contribution in [1.82, 2.24) is 10.5 Å². The van der Waals surface area contributed by atoms with Crippen molar-refractivity contribution < 1.29 is 13.7 Å². The molecule has 0 saturated carbocycles. The Morgan fingerprint density at radius 2 is 1.83 bits per heavy atom. The number of nitrogens with two attached hydrogens (primary N) is 1. The number of halogens is 1. The Balaban J connectivity index is 1.54. The number of carbonyl (C=O) groups excluding carboxylic acids is 1. The lowest BCUT2D eigenvalue weighted by Gasteiger charge is -2.07. The summed E-state index contributed by atoms with van der Waals surface area (Å²) < 4.78 is 18.4. The zero-order chi connectivity index (χ0) is 21.1. The molecule has 0 saturated heterocycles. The lowest BCUT2D eigenvalue weighted by atomic mass is 10.0. The molecule has 0 fully saturated rings. The molecule has 150 valence electrons. The van der Waals surface area contributed by atoms with Crippen molar-refractivity contribution in [3.63, 3.8) is 0 Å². The highest BCUT2D eigenvalue weighted by atomic mass is 19.1. The average molecular weight is 402 g/mol.